The van der Waals surface area contributed by atoms with Crippen LogP contribution in [0.2, 0.25) is 0 Å². The van der Waals surface area contributed by atoms with Gasteiger partial charge in [-0.3, -0.25) is 9.05 Å². The molecule has 1 aliphatic rings. The Morgan fingerprint density at radius 1 is 0.711 bits per heavy atom. The maximum absolute atomic E-state index is 12.2. The smallest absolute Gasteiger partial charge is 0.379 e. The summed E-state index contributed by atoms with van der Waals surface area (Å²) in [6.07, 6.45) is 24.9. The molecule has 0 spiro atoms. The van der Waals surface area contributed by atoms with E-state index in [1.807, 2.05) is 0 Å². The summed E-state index contributed by atoms with van der Waals surface area (Å²) >= 11 is 0. The Balaban J connectivity index is 1.90. The van der Waals surface area contributed by atoms with Crippen LogP contribution in [0.25, 0.3) is 0 Å². The average Bonchev–Trinajstić information content (AvgIpc) is 2.90. The van der Waals surface area contributed by atoms with Crippen LogP contribution in [0.15, 0.2) is 0 Å². The second kappa shape index (κ2) is 23.7. The van der Waals surface area contributed by atoms with Gasteiger partial charge in [0.05, 0.1) is 33.4 Å². The number of likely N-dealkylation sites (tertiary alicyclic amines) is 1. The number of likely N-dealkylation sites (N-methyl/N-ethyl adjacent to an activating group) is 1. The quantitative estimate of drug-likeness (QED) is 0.0618. The molecular weight excluding hydrogens is 501 g/mol. The summed E-state index contributed by atoms with van der Waals surface area (Å²) in [6, 6.07) is 0. The number of phosphoric ester groups is 1. The van der Waals surface area contributed by atoms with Gasteiger partial charge >= 0.3 is 7.82 Å². The Morgan fingerprint density at radius 3 is 1.71 bits per heavy atom. The van der Waals surface area contributed by atoms with Gasteiger partial charge in [0.15, 0.2) is 0 Å². The van der Waals surface area contributed by atoms with E-state index in [9.17, 15) is 9.46 Å². The Kier molecular flexibility index (Phi) is 22.4. The summed E-state index contributed by atoms with van der Waals surface area (Å²) in [6.45, 7) is 6.44. The van der Waals surface area contributed by atoms with Crippen molar-refractivity contribution in [3.05, 3.63) is 0 Å². The molecular formula is C30H63NO6P+. The van der Waals surface area contributed by atoms with Crippen molar-refractivity contribution in [2.75, 3.05) is 60.2 Å². The highest BCUT2D eigenvalue weighted by atomic mass is 31.2. The van der Waals surface area contributed by atoms with Crippen LogP contribution in [-0.2, 0) is 23.1 Å². The average molecular weight is 565 g/mol. The van der Waals surface area contributed by atoms with Gasteiger partial charge in [0.1, 0.15) is 19.3 Å². The zero-order valence-corrected chi connectivity index (χ0v) is 26.2. The van der Waals surface area contributed by atoms with Crippen LogP contribution in [0.3, 0.4) is 0 Å². The third kappa shape index (κ3) is 20.8. The molecule has 1 saturated heterocycles. The lowest BCUT2D eigenvalue weighted by atomic mass is 10.0. The lowest BCUT2D eigenvalue weighted by molar-refractivity contribution is -0.914. The van der Waals surface area contributed by atoms with Gasteiger partial charge in [-0.25, -0.2) is 4.57 Å². The first-order chi connectivity index (χ1) is 18.4. The third-order valence-corrected chi connectivity index (χ3v) is 8.97. The van der Waals surface area contributed by atoms with Gasteiger partial charge in [-0.15, -0.1) is 0 Å². The molecule has 1 rings (SSSR count). The molecule has 0 radical (unpaired) electrons. The molecule has 0 aliphatic carbocycles. The maximum atomic E-state index is 12.2. The molecule has 1 N–H and O–H groups in total. The highest BCUT2D eigenvalue weighted by Gasteiger charge is 2.28. The molecule has 8 heteroatoms. The molecule has 38 heavy (non-hydrogen) atoms. The molecule has 0 aromatic carbocycles. The molecule has 7 nitrogen and oxygen atoms in total. The lowest BCUT2D eigenvalue weighted by Gasteiger charge is -2.37. The number of piperidine rings is 1. The molecule has 1 heterocycles. The monoisotopic (exact) mass is 564 g/mol. The Labute approximate surface area is 235 Å². The number of rotatable bonds is 27. The standard InChI is InChI=1S/C30H62NO6P/c1-4-5-6-7-8-9-10-11-12-13-14-15-16-17-18-22-26-35-28-30(34-3)29-37-38(32,33)36-27-25-31(2)23-20-19-21-24-31/h30H,4-29H2,1-3H3/p+1. The summed E-state index contributed by atoms with van der Waals surface area (Å²) < 4.78 is 34.6. The molecule has 1 fully saturated rings. The van der Waals surface area contributed by atoms with Crippen LogP contribution in [-0.4, -0.2) is 75.7 Å². The highest BCUT2D eigenvalue weighted by molar-refractivity contribution is 7.47. The number of nitrogens with zero attached hydrogens (tertiary/aromatic N) is 1. The van der Waals surface area contributed by atoms with Crippen LogP contribution >= 0.6 is 7.82 Å². The molecule has 0 bridgehead atoms. The minimum absolute atomic E-state index is 0.0185. The first-order valence-electron chi connectivity index (χ1n) is 16.0. The fraction of sp³-hybridized carbons (Fsp3) is 1.00. The number of methoxy groups -OCH3 is 1. The number of phosphoric acid groups is 1. The van der Waals surface area contributed by atoms with Gasteiger partial charge in [-0.05, 0) is 25.7 Å². The van der Waals surface area contributed by atoms with Crippen molar-refractivity contribution in [3.63, 3.8) is 0 Å². The van der Waals surface area contributed by atoms with E-state index in [1.54, 1.807) is 7.11 Å². The highest BCUT2D eigenvalue weighted by Crippen LogP contribution is 2.43. The summed E-state index contributed by atoms with van der Waals surface area (Å²) in [7, 11) is -0.331. The lowest BCUT2D eigenvalue weighted by Crippen LogP contribution is -2.49. The topological polar surface area (TPSA) is 74.2 Å². The van der Waals surface area contributed by atoms with Crippen LogP contribution in [0.5, 0.6) is 0 Å². The number of hydrogen-bond donors (Lipinski definition) is 1. The van der Waals surface area contributed by atoms with Crippen molar-refractivity contribution in [1.82, 2.24) is 0 Å². The minimum Gasteiger partial charge on any atom is -0.379 e. The van der Waals surface area contributed by atoms with E-state index < -0.39 is 7.82 Å². The normalized spacial score (nSPS) is 17.9. The van der Waals surface area contributed by atoms with Crippen molar-refractivity contribution in [2.24, 2.45) is 0 Å². The van der Waals surface area contributed by atoms with E-state index in [0.717, 1.165) is 30.5 Å². The summed E-state index contributed by atoms with van der Waals surface area (Å²) in [5.74, 6) is 0. The van der Waals surface area contributed by atoms with E-state index in [4.69, 9.17) is 18.5 Å². The van der Waals surface area contributed by atoms with Crippen LogP contribution < -0.4 is 0 Å². The second-order valence-corrected chi connectivity index (χ2v) is 13.1. The van der Waals surface area contributed by atoms with Crippen LogP contribution in [0.4, 0.5) is 0 Å². The number of ether oxygens (including phenoxy) is 2. The van der Waals surface area contributed by atoms with Crippen molar-refractivity contribution < 1.29 is 32.5 Å². The van der Waals surface area contributed by atoms with Gasteiger partial charge in [0, 0.05) is 13.7 Å². The molecule has 2 atom stereocenters. The minimum atomic E-state index is -4.08. The predicted molar refractivity (Wildman–Crippen MR) is 158 cm³/mol. The van der Waals surface area contributed by atoms with Gasteiger partial charge in [-0.2, -0.15) is 0 Å². The van der Waals surface area contributed by atoms with Gasteiger partial charge in [0.2, 0.25) is 0 Å². The van der Waals surface area contributed by atoms with Crippen molar-refractivity contribution >= 4 is 7.82 Å². The summed E-state index contributed by atoms with van der Waals surface area (Å²) in [4.78, 5) is 10.0. The molecule has 0 saturated carbocycles. The molecule has 0 aromatic rings. The Bertz CT molecular complexity index is 573. The van der Waals surface area contributed by atoms with Crippen molar-refractivity contribution in [2.45, 2.75) is 135 Å². The summed E-state index contributed by atoms with van der Waals surface area (Å²) in [5.41, 5.74) is 0. The Hall–Kier alpha value is -0.0100. The van der Waals surface area contributed by atoms with Crippen LogP contribution in [0.1, 0.15) is 129 Å². The fourth-order valence-electron chi connectivity index (χ4n) is 5.24. The van der Waals surface area contributed by atoms with E-state index in [2.05, 4.69) is 14.0 Å². The van der Waals surface area contributed by atoms with Gasteiger partial charge < -0.3 is 18.9 Å². The number of quaternary nitrogens is 1. The second-order valence-electron chi connectivity index (χ2n) is 11.7. The predicted octanol–water partition coefficient (Wildman–Crippen LogP) is 8.04. The molecule has 0 amide bonds. The number of unbranched alkanes of at least 4 members (excludes halogenated alkanes) is 15. The first-order valence-corrected chi connectivity index (χ1v) is 17.5. The van der Waals surface area contributed by atoms with E-state index in [1.165, 1.54) is 116 Å². The first kappa shape index (κ1) is 36.0. The molecule has 1 aliphatic heterocycles. The van der Waals surface area contributed by atoms with E-state index in [0.29, 0.717) is 13.2 Å². The maximum Gasteiger partial charge on any atom is 0.472 e. The van der Waals surface area contributed by atoms with Crippen molar-refractivity contribution in [3.8, 4) is 0 Å². The molecule has 2 unspecified atom stereocenters. The Morgan fingerprint density at radius 2 is 1.21 bits per heavy atom. The van der Waals surface area contributed by atoms with Gasteiger partial charge in [0.25, 0.3) is 0 Å². The largest absolute Gasteiger partial charge is 0.472 e. The van der Waals surface area contributed by atoms with Crippen LogP contribution in [0, 0.1) is 0 Å². The third-order valence-electron chi connectivity index (χ3n) is 7.98. The van der Waals surface area contributed by atoms with E-state index >= 15 is 0 Å². The summed E-state index contributed by atoms with van der Waals surface area (Å²) in [5, 5.41) is 0. The van der Waals surface area contributed by atoms with Gasteiger partial charge in [-0.1, -0.05) is 103 Å². The van der Waals surface area contributed by atoms with Crippen molar-refractivity contribution in [1.29, 1.82) is 0 Å². The molecule has 228 valence electrons. The number of hydrogen-bond acceptors (Lipinski definition) is 5. The fourth-order valence-corrected chi connectivity index (χ4v) is 5.98. The zero-order valence-electron chi connectivity index (χ0n) is 25.3. The molecule has 0 aromatic heterocycles. The zero-order chi connectivity index (χ0) is 27.8. The van der Waals surface area contributed by atoms with E-state index in [-0.39, 0.29) is 19.3 Å². The SMILES string of the molecule is CCCCCCCCCCCCCCCCCCOCC(COP(=O)(O)OCC[N+]1(C)CCCCC1)OC.